The number of amides is 1. The number of likely N-dealkylation sites (tertiary alicyclic amines) is 1. The van der Waals surface area contributed by atoms with Crippen LogP contribution in [0.2, 0.25) is 0 Å². The van der Waals surface area contributed by atoms with Crippen LogP contribution >= 0.6 is 0 Å². The van der Waals surface area contributed by atoms with E-state index >= 15 is 0 Å². The van der Waals surface area contributed by atoms with Crippen LogP contribution in [0.3, 0.4) is 0 Å². The molecule has 0 aliphatic carbocycles. The SMILES string of the molecule is COc1cccc(C2CCCN2CC(=O)NCC(C)(C)N2CCOCC2)c1. The van der Waals surface area contributed by atoms with Crippen LogP contribution in [-0.4, -0.2) is 74.3 Å². The number of hydrogen-bond acceptors (Lipinski definition) is 5. The fourth-order valence-corrected chi connectivity index (χ4v) is 4.08. The lowest BCUT2D eigenvalue weighted by molar-refractivity contribution is -0.123. The minimum atomic E-state index is -0.0589. The molecule has 0 aromatic heterocycles. The summed E-state index contributed by atoms with van der Waals surface area (Å²) in [6.45, 7) is 9.83. The van der Waals surface area contributed by atoms with E-state index in [4.69, 9.17) is 9.47 Å². The highest BCUT2D eigenvalue weighted by Gasteiger charge is 2.30. The minimum Gasteiger partial charge on any atom is -0.497 e. The predicted molar refractivity (Wildman–Crippen MR) is 106 cm³/mol. The second kappa shape index (κ2) is 9.04. The number of nitrogens with one attached hydrogen (secondary N) is 1. The second-order valence-corrected chi connectivity index (χ2v) is 8.09. The second-order valence-electron chi connectivity index (χ2n) is 8.09. The zero-order valence-electron chi connectivity index (χ0n) is 16.9. The van der Waals surface area contributed by atoms with Gasteiger partial charge in [0.25, 0.3) is 0 Å². The van der Waals surface area contributed by atoms with E-state index < -0.39 is 0 Å². The first-order chi connectivity index (χ1) is 13.0. The van der Waals surface area contributed by atoms with E-state index in [0.717, 1.165) is 51.4 Å². The van der Waals surface area contributed by atoms with Crippen LogP contribution in [0.5, 0.6) is 5.75 Å². The fourth-order valence-electron chi connectivity index (χ4n) is 4.08. The summed E-state index contributed by atoms with van der Waals surface area (Å²) in [5, 5.41) is 3.15. The van der Waals surface area contributed by atoms with Crippen LogP contribution < -0.4 is 10.1 Å². The smallest absolute Gasteiger partial charge is 0.234 e. The largest absolute Gasteiger partial charge is 0.497 e. The lowest BCUT2D eigenvalue weighted by Gasteiger charge is -2.41. The van der Waals surface area contributed by atoms with Gasteiger partial charge in [-0.15, -0.1) is 0 Å². The zero-order valence-corrected chi connectivity index (χ0v) is 16.9. The van der Waals surface area contributed by atoms with Gasteiger partial charge in [-0.05, 0) is 50.9 Å². The van der Waals surface area contributed by atoms with Crippen molar-refractivity contribution in [1.29, 1.82) is 0 Å². The molecule has 3 rings (SSSR count). The van der Waals surface area contributed by atoms with Crippen LogP contribution in [0.25, 0.3) is 0 Å². The van der Waals surface area contributed by atoms with Crippen molar-refractivity contribution < 1.29 is 14.3 Å². The first-order valence-corrected chi connectivity index (χ1v) is 9.97. The number of morpholine rings is 1. The minimum absolute atomic E-state index is 0.0589. The number of nitrogens with zero attached hydrogens (tertiary/aromatic N) is 2. The van der Waals surface area contributed by atoms with Crippen molar-refractivity contribution in [2.45, 2.75) is 38.3 Å². The summed E-state index contributed by atoms with van der Waals surface area (Å²) < 4.78 is 10.8. The molecule has 1 amide bonds. The summed E-state index contributed by atoms with van der Waals surface area (Å²) >= 11 is 0. The number of rotatable bonds is 7. The maximum atomic E-state index is 12.6. The summed E-state index contributed by atoms with van der Waals surface area (Å²) in [6, 6.07) is 8.49. The molecule has 1 aromatic rings. The van der Waals surface area contributed by atoms with Crippen LogP contribution in [0, 0.1) is 0 Å². The van der Waals surface area contributed by atoms with E-state index in [1.54, 1.807) is 7.11 Å². The van der Waals surface area contributed by atoms with Gasteiger partial charge in [-0.1, -0.05) is 12.1 Å². The van der Waals surface area contributed by atoms with Crippen molar-refractivity contribution >= 4 is 5.91 Å². The van der Waals surface area contributed by atoms with Crippen molar-refractivity contribution in [3.63, 3.8) is 0 Å². The lowest BCUT2D eigenvalue weighted by Crippen LogP contribution is -2.56. The van der Waals surface area contributed by atoms with Gasteiger partial charge in [0.15, 0.2) is 0 Å². The topological polar surface area (TPSA) is 54.0 Å². The van der Waals surface area contributed by atoms with Crippen molar-refractivity contribution in [1.82, 2.24) is 15.1 Å². The van der Waals surface area contributed by atoms with E-state index in [1.807, 2.05) is 12.1 Å². The van der Waals surface area contributed by atoms with Gasteiger partial charge >= 0.3 is 0 Å². The van der Waals surface area contributed by atoms with E-state index in [9.17, 15) is 4.79 Å². The average molecular weight is 376 g/mol. The maximum Gasteiger partial charge on any atom is 0.234 e. The fraction of sp³-hybridized carbons (Fsp3) is 0.667. The maximum absolute atomic E-state index is 12.6. The van der Waals surface area contributed by atoms with Crippen molar-refractivity contribution in [2.75, 3.05) is 53.0 Å². The molecule has 2 heterocycles. The number of ether oxygens (including phenoxy) is 2. The van der Waals surface area contributed by atoms with Crippen LogP contribution in [0.15, 0.2) is 24.3 Å². The number of carbonyl (C=O) groups is 1. The molecule has 1 N–H and O–H groups in total. The molecule has 1 atom stereocenters. The van der Waals surface area contributed by atoms with Crippen LogP contribution in [-0.2, 0) is 9.53 Å². The summed E-state index contributed by atoms with van der Waals surface area (Å²) in [5.41, 5.74) is 1.17. The third kappa shape index (κ3) is 5.21. The standard InChI is InChI=1S/C21H33N3O3/c1-21(2,24-10-12-27-13-11-24)16-22-20(25)15-23-9-5-8-19(23)17-6-4-7-18(14-17)26-3/h4,6-7,14,19H,5,8-13,15-16H2,1-3H3,(H,22,25). The average Bonchev–Trinajstić information content (AvgIpc) is 3.15. The van der Waals surface area contributed by atoms with Crippen molar-refractivity contribution in [2.24, 2.45) is 0 Å². The molecule has 150 valence electrons. The Hall–Kier alpha value is -1.63. The van der Waals surface area contributed by atoms with Crippen molar-refractivity contribution in [3.05, 3.63) is 29.8 Å². The summed E-state index contributed by atoms with van der Waals surface area (Å²) in [4.78, 5) is 17.3. The quantitative estimate of drug-likeness (QED) is 0.791. The molecule has 6 nitrogen and oxygen atoms in total. The zero-order chi connectivity index (χ0) is 19.3. The Kier molecular flexibility index (Phi) is 6.73. The number of methoxy groups -OCH3 is 1. The highest BCUT2D eigenvalue weighted by Crippen LogP contribution is 2.33. The molecule has 2 aliphatic heterocycles. The van der Waals surface area contributed by atoms with Gasteiger partial charge in [0, 0.05) is 31.2 Å². The summed E-state index contributed by atoms with van der Waals surface area (Å²) in [7, 11) is 1.69. The molecule has 2 aliphatic rings. The highest BCUT2D eigenvalue weighted by molar-refractivity contribution is 5.78. The normalized spacial score (nSPS) is 22.0. The predicted octanol–water partition coefficient (Wildman–Crippen LogP) is 2.06. The Morgan fingerprint density at radius 1 is 1.30 bits per heavy atom. The molecule has 2 saturated heterocycles. The van der Waals surface area contributed by atoms with Gasteiger partial charge in [-0.3, -0.25) is 14.6 Å². The molecule has 0 spiro atoms. The van der Waals surface area contributed by atoms with Crippen LogP contribution in [0.1, 0.15) is 38.3 Å². The first-order valence-electron chi connectivity index (χ1n) is 9.97. The highest BCUT2D eigenvalue weighted by atomic mass is 16.5. The van der Waals surface area contributed by atoms with E-state index in [-0.39, 0.29) is 17.5 Å². The third-order valence-corrected chi connectivity index (χ3v) is 5.77. The Balaban J connectivity index is 1.53. The molecule has 1 unspecified atom stereocenters. The Labute approximate surface area is 162 Å². The molecular formula is C21H33N3O3. The summed E-state index contributed by atoms with van der Waals surface area (Å²) in [6.07, 6.45) is 2.20. The van der Waals surface area contributed by atoms with Gasteiger partial charge in [0.2, 0.25) is 5.91 Å². The monoisotopic (exact) mass is 375 g/mol. The summed E-state index contributed by atoms with van der Waals surface area (Å²) in [5.74, 6) is 0.974. The molecule has 2 fully saturated rings. The molecule has 27 heavy (non-hydrogen) atoms. The van der Waals surface area contributed by atoms with Crippen molar-refractivity contribution in [3.8, 4) is 5.75 Å². The van der Waals surface area contributed by atoms with Gasteiger partial charge in [-0.2, -0.15) is 0 Å². The molecule has 6 heteroatoms. The van der Waals surface area contributed by atoms with Gasteiger partial charge < -0.3 is 14.8 Å². The van der Waals surface area contributed by atoms with Gasteiger partial charge in [0.05, 0.1) is 26.9 Å². The number of hydrogen-bond donors (Lipinski definition) is 1. The Morgan fingerprint density at radius 2 is 2.07 bits per heavy atom. The molecule has 1 aromatic carbocycles. The molecular weight excluding hydrogens is 342 g/mol. The molecule has 0 radical (unpaired) electrons. The Morgan fingerprint density at radius 3 is 2.81 bits per heavy atom. The first kappa shape index (κ1) is 20.1. The van der Waals surface area contributed by atoms with Gasteiger partial charge in [-0.25, -0.2) is 0 Å². The Bertz CT molecular complexity index is 629. The van der Waals surface area contributed by atoms with E-state index in [2.05, 4.69) is 41.1 Å². The van der Waals surface area contributed by atoms with E-state index in [0.29, 0.717) is 13.1 Å². The number of benzene rings is 1. The van der Waals surface area contributed by atoms with Gasteiger partial charge in [0.1, 0.15) is 5.75 Å². The third-order valence-electron chi connectivity index (χ3n) is 5.77. The van der Waals surface area contributed by atoms with Crippen LogP contribution in [0.4, 0.5) is 0 Å². The molecule has 0 saturated carbocycles. The molecule has 0 bridgehead atoms. The number of carbonyl (C=O) groups excluding carboxylic acids is 1. The van der Waals surface area contributed by atoms with E-state index in [1.165, 1.54) is 5.56 Å². The lowest BCUT2D eigenvalue weighted by atomic mass is 10.0.